The Bertz CT molecular complexity index is 324. The Morgan fingerprint density at radius 2 is 1.88 bits per heavy atom. The summed E-state index contributed by atoms with van der Waals surface area (Å²) >= 11 is 0. The molecule has 16 heavy (non-hydrogen) atoms. The van der Waals surface area contributed by atoms with Gasteiger partial charge in [0.25, 0.3) is 0 Å². The fourth-order valence-electron chi connectivity index (χ4n) is 1.20. The number of hydrogen-bond acceptors (Lipinski definition) is 3. The second-order valence-electron chi connectivity index (χ2n) is 3.64. The van der Waals surface area contributed by atoms with Crippen molar-refractivity contribution in [3.8, 4) is 0 Å². The van der Waals surface area contributed by atoms with Crippen LogP contribution in [-0.2, 0) is 0 Å². The van der Waals surface area contributed by atoms with E-state index in [1.807, 2.05) is 0 Å². The molecule has 1 N–H and O–H groups in total. The van der Waals surface area contributed by atoms with Crippen molar-refractivity contribution < 1.29 is 18.3 Å². The van der Waals surface area contributed by atoms with Crippen molar-refractivity contribution in [2.75, 3.05) is 0 Å². The summed E-state index contributed by atoms with van der Waals surface area (Å²) in [6, 6.07) is 0. The lowest BCUT2D eigenvalue weighted by Crippen LogP contribution is -2.09. The van der Waals surface area contributed by atoms with Gasteiger partial charge in [0.2, 0.25) is 0 Å². The highest BCUT2D eigenvalue weighted by atomic mass is 19.4. The van der Waals surface area contributed by atoms with Crippen LogP contribution < -0.4 is 0 Å². The quantitative estimate of drug-likeness (QED) is 0.870. The van der Waals surface area contributed by atoms with E-state index in [9.17, 15) is 18.3 Å². The lowest BCUT2D eigenvalue weighted by atomic mass is 10.1. The third-order valence-electron chi connectivity index (χ3n) is 2.04. The first-order valence-electron chi connectivity index (χ1n) is 4.92. The first-order valence-corrected chi connectivity index (χ1v) is 4.92. The number of halogens is 3. The van der Waals surface area contributed by atoms with Crippen LogP contribution in [0.4, 0.5) is 13.2 Å². The maximum Gasteiger partial charge on any atom is 0.389 e. The van der Waals surface area contributed by atoms with Crippen molar-refractivity contribution in [2.45, 2.75) is 38.5 Å². The Labute approximate surface area is 91.4 Å². The number of alkyl halides is 3. The van der Waals surface area contributed by atoms with Crippen LogP contribution in [0.15, 0.2) is 12.4 Å². The standard InChI is InChI=1S/C10H13F3N2O/c1-7-5-14-9(15-6-7)8(16)3-2-4-10(11,12)13/h5-6,8,16H,2-4H2,1H3. The Balaban J connectivity index is 2.41. The van der Waals surface area contributed by atoms with Gasteiger partial charge in [0.05, 0.1) is 0 Å². The van der Waals surface area contributed by atoms with Crippen molar-refractivity contribution in [1.29, 1.82) is 0 Å². The summed E-state index contributed by atoms with van der Waals surface area (Å²) in [6.07, 6.45) is -3.15. The van der Waals surface area contributed by atoms with Crippen LogP contribution in [-0.4, -0.2) is 21.3 Å². The predicted octanol–water partition coefficient (Wildman–Crippen LogP) is 2.55. The summed E-state index contributed by atoms with van der Waals surface area (Å²) < 4.78 is 35.5. The second kappa shape index (κ2) is 5.25. The van der Waals surface area contributed by atoms with Crippen molar-refractivity contribution in [3.05, 3.63) is 23.8 Å². The van der Waals surface area contributed by atoms with Crippen molar-refractivity contribution >= 4 is 0 Å². The predicted molar refractivity (Wildman–Crippen MR) is 51.6 cm³/mol. The zero-order chi connectivity index (χ0) is 12.2. The van der Waals surface area contributed by atoms with E-state index in [1.165, 1.54) is 12.4 Å². The van der Waals surface area contributed by atoms with Gasteiger partial charge in [-0.1, -0.05) is 0 Å². The number of aromatic nitrogens is 2. The first kappa shape index (κ1) is 12.9. The average molecular weight is 234 g/mol. The minimum Gasteiger partial charge on any atom is -0.385 e. The molecule has 0 aliphatic carbocycles. The van der Waals surface area contributed by atoms with Crippen LogP contribution in [0.3, 0.4) is 0 Å². The highest BCUT2D eigenvalue weighted by molar-refractivity contribution is 5.03. The van der Waals surface area contributed by atoms with Gasteiger partial charge in [0.15, 0.2) is 5.82 Å². The third-order valence-corrected chi connectivity index (χ3v) is 2.04. The average Bonchev–Trinajstić information content (AvgIpc) is 2.16. The molecule has 0 radical (unpaired) electrons. The Kier molecular flexibility index (Phi) is 4.23. The molecule has 0 saturated carbocycles. The molecule has 1 aromatic heterocycles. The topological polar surface area (TPSA) is 46.0 Å². The molecule has 6 heteroatoms. The molecule has 0 aliphatic rings. The van der Waals surface area contributed by atoms with E-state index in [-0.39, 0.29) is 18.7 Å². The molecule has 1 aromatic rings. The fraction of sp³-hybridized carbons (Fsp3) is 0.600. The van der Waals surface area contributed by atoms with Gasteiger partial charge in [-0.25, -0.2) is 9.97 Å². The Morgan fingerprint density at radius 3 is 2.38 bits per heavy atom. The van der Waals surface area contributed by atoms with Gasteiger partial charge in [-0.3, -0.25) is 0 Å². The van der Waals surface area contributed by atoms with Gasteiger partial charge in [0, 0.05) is 18.8 Å². The number of aliphatic hydroxyl groups is 1. The molecule has 0 spiro atoms. The maximum absolute atomic E-state index is 11.8. The van der Waals surface area contributed by atoms with E-state index in [2.05, 4.69) is 9.97 Å². The van der Waals surface area contributed by atoms with Gasteiger partial charge in [-0.2, -0.15) is 13.2 Å². The van der Waals surface area contributed by atoms with Crippen LogP contribution in [0.2, 0.25) is 0 Å². The molecule has 0 saturated heterocycles. The molecule has 1 rings (SSSR count). The van der Waals surface area contributed by atoms with Crippen molar-refractivity contribution in [1.82, 2.24) is 9.97 Å². The Morgan fingerprint density at radius 1 is 1.31 bits per heavy atom. The van der Waals surface area contributed by atoms with Gasteiger partial charge >= 0.3 is 6.18 Å². The van der Waals surface area contributed by atoms with Gasteiger partial charge in [-0.15, -0.1) is 0 Å². The molecule has 0 bridgehead atoms. The van der Waals surface area contributed by atoms with E-state index in [1.54, 1.807) is 6.92 Å². The largest absolute Gasteiger partial charge is 0.389 e. The summed E-state index contributed by atoms with van der Waals surface area (Å²) in [5.41, 5.74) is 0.839. The molecule has 1 atom stereocenters. The van der Waals surface area contributed by atoms with Crippen LogP contribution in [0.25, 0.3) is 0 Å². The van der Waals surface area contributed by atoms with E-state index in [4.69, 9.17) is 0 Å². The normalized spacial score (nSPS) is 13.8. The van der Waals surface area contributed by atoms with Gasteiger partial charge in [-0.05, 0) is 25.3 Å². The van der Waals surface area contributed by atoms with Gasteiger partial charge < -0.3 is 5.11 Å². The summed E-state index contributed by atoms with van der Waals surface area (Å²) in [7, 11) is 0. The molecule has 1 heterocycles. The van der Waals surface area contributed by atoms with Crippen LogP contribution in [0, 0.1) is 6.92 Å². The minimum atomic E-state index is -4.17. The highest BCUT2D eigenvalue weighted by Gasteiger charge is 2.26. The lowest BCUT2D eigenvalue weighted by Gasteiger charge is -2.10. The monoisotopic (exact) mass is 234 g/mol. The minimum absolute atomic E-state index is 0.0164. The molecule has 1 unspecified atom stereocenters. The number of nitrogens with zero attached hydrogens (tertiary/aromatic N) is 2. The van der Waals surface area contributed by atoms with E-state index >= 15 is 0 Å². The van der Waals surface area contributed by atoms with E-state index < -0.39 is 18.7 Å². The van der Waals surface area contributed by atoms with Crippen molar-refractivity contribution in [2.24, 2.45) is 0 Å². The number of rotatable bonds is 4. The molecule has 0 aromatic carbocycles. The van der Waals surface area contributed by atoms with E-state index in [0.29, 0.717) is 0 Å². The summed E-state index contributed by atoms with van der Waals surface area (Å²) in [4.78, 5) is 7.70. The summed E-state index contributed by atoms with van der Waals surface area (Å²) in [5.74, 6) is 0.174. The Hall–Kier alpha value is -1.17. The molecular weight excluding hydrogens is 221 g/mol. The smallest absolute Gasteiger partial charge is 0.385 e. The number of aliphatic hydroxyl groups excluding tert-OH is 1. The molecule has 3 nitrogen and oxygen atoms in total. The maximum atomic E-state index is 11.8. The van der Waals surface area contributed by atoms with Crippen LogP contribution in [0.5, 0.6) is 0 Å². The van der Waals surface area contributed by atoms with Crippen LogP contribution in [0.1, 0.15) is 36.8 Å². The first-order chi connectivity index (χ1) is 7.38. The SMILES string of the molecule is Cc1cnc(C(O)CCCC(F)(F)F)nc1. The lowest BCUT2D eigenvalue weighted by molar-refractivity contribution is -0.136. The third kappa shape index (κ3) is 4.57. The molecular formula is C10H13F3N2O. The zero-order valence-electron chi connectivity index (χ0n) is 8.83. The van der Waals surface area contributed by atoms with E-state index in [0.717, 1.165) is 5.56 Å². The summed E-state index contributed by atoms with van der Waals surface area (Å²) in [5, 5.41) is 9.52. The van der Waals surface area contributed by atoms with Gasteiger partial charge in [0.1, 0.15) is 6.10 Å². The molecule has 0 fully saturated rings. The fourth-order valence-corrected chi connectivity index (χ4v) is 1.20. The molecule has 90 valence electrons. The zero-order valence-corrected chi connectivity index (χ0v) is 8.83. The highest BCUT2D eigenvalue weighted by Crippen LogP contribution is 2.25. The summed E-state index contributed by atoms with van der Waals surface area (Å²) in [6.45, 7) is 1.79. The molecule has 0 amide bonds. The van der Waals surface area contributed by atoms with Crippen LogP contribution >= 0.6 is 0 Å². The number of hydrogen-bond donors (Lipinski definition) is 1. The second-order valence-corrected chi connectivity index (χ2v) is 3.64. The number of aryl methyl sites for hydroxylation is 1. The van der Waals surface area contributed by atoms with Crippen molar-refractivity contribution in [3.63, 3.8) is 0 Å². The molecule has 0 aliphatic heterocycles.